The highest BCUT2D eigenvalue weighted by molar-refractivity contribution is 5.88. The van der Waals surface area contributed by atoms with E-state index in [9.17, 15) is 28.1 Å². The van der Waals surface area contributed by atoms with Crippen molar-refractivity contribution in [3.8, 4) is 11.5 Å². The van der Waals surface area contributed by atoms with Gasteiger partial charge in [0, 0.05) is 7.05 Å². The topological polar surface area (TPSA) is 125 Å². The standard InChI is InChI=1S/C11H8F3N7O3/c1-19-4(21(23)24)3-15-8(19)6-5-7(20(2)18-6)16-10(11(12,13)14)17-9(5)22/h3H,1-2H3,(H,16,17,22). The summed E-state index contributed by atoms with van der Waals surface area (Å²) in [5.41, 5.74) is -1.49. The number of fused-ring (bicyclic) bond motifs is 1. The average Bonchev–Trinajstić information content (AvgIpc) is 2.99. The molecule has 3 aromatic heterocycles. The molecule has 1 N–H and O–H groups in total. The van der Waals surface area contributed by atoms with Crippen molar-refractivity contribution >= 4 is 16.9 Å². The SMILES string of the molecule is Cn1c([N+](=O)[O-])cnc1-c1nn(C)c2nc(C(F)(F)F)[nH]c(=O)c12. The molecule has 0 saturated heterocycles. The molecule has 0 radical (unpaired) electrons. The van der Waals surface area contributed by atoms with Crippen molar-refractivity contribution < 1.29 is 18.1 Å². The number of hydrogen-bond donors (Lipinski definition) is 1. The van der Waals surface area contributed by atoms with Crippen LogP contribution >= 0.6 is 0 Å². The molecule has 13 heteroatoms. The Kier molecular flexibility index (Phi) is 3.17. The zero-order valence-corrected chi connectivity index (χ0v) is 12.1. The monoisotopic (exact) mass is 343 g/mol. The molecule has 10 nitrogen and oxygen atoms in total. The van der Waals surface area contributed by atoms with Crippen LogP contribution < -0.4 is 5.56 Å². The fourth-order valence-corrected chi connectivity index (χ4v) is 2.24. The second-order valence-corrected chi connectivity index (χ2v) is 4.84. The summed E-state index contributed by atoms with van der Waals surface area (Å²) in [6.07, 6.45) is -3.87. The van der Waals surface area contributed by atoms with Gasteiger partial charge in [-0.2, -0.15) is 18.3 Å². The van der Waals surface area contributed by atoms with E-state index in [0.29, 0.717) is 0 Å². The minimum absolute atomic E-state index is 0.0423. The van der Waals surface area contributed by atoms with Crippen LogP contribution in [0.4, 0.5) is 19.0 Å². The van der Waals surface area contributed by atoms with Crippen molar-refractivity contribution in [3.05, 3.63) is 32.5 Å². The Hall–Kier alpha value is -3.25. The lowest BCUT2D eigenvalue weighted by atomic mass is 10.3. The van der Waals surface area contributed by atoms with Crippen molar-refractivity contribution in [3.63, 3.8) is 0 Å². The summed E-state index contributed by atoms with van der Waals surface area (Å²) in [6.45, 7) is 0. The molecule has 0 bridgehead atoms. The number of imidazole rings is 1. The van der Waals surface area contributed by atoms with Crippen LogP contribution in [-0.2, 0) is 20.3 Å². The number of alkyl halides is 3. The number of nitrogens with zero attached hydrogens (tertiary/aromatic N) is 6. The molecule has 0 aromatic carbocycles. The molecule has 0 saturated carbocycles. The fourth-order valence-electron chi connectivity index (χ4n) is 2.24. The van der Waals surface area contributed by atoms with Crippen molar-refractivity contribution in [2.75, 3.05) is 0 Å². The second-order valence-electron chi connectivity index (χ2n) is 4.84. The smallest absolute Gasteiger partial charge is 0.358 e. The van der Waals surface area contributed by atoms with Crippen molar-refractivity contribution in [2.45, 2.75) is 6.18 Å². The third-order valence-electron chi connectivity index (χ3n) is 3.32. The lowest BCUT2D eigenvalue weighted by Gasteiger charge is -2.04. The van der Waals surface area contributed by atoms with Gasteiger partial charge in [-0.25, -0.2) is 19.2 Å². The first-order chi connectivity index (χ1) is 11.1. The van der Waals surface area contributed by atoms with E-state index in [1.807, 2.05) is 0 Å². The Morgan fingerprint density at radius 1 is 1.33 bits per heavy atom. The van der Waals surface area contributed by atoms with Crippen LogP contribution in [0, 0.1) is 10.1 Å². The number of hydrogen-bond acceptors (Lipinski definition) is 6. The van der Waals surface area contributed by atoms with E-state index in [-0.39, 0.29) is 28.4 Å². The van der Waals surface area contributed by atoms with Gasteiger partial charge in [0.05, 0.1) is 7.05 Å². The molecule has 0 amide bonds. The quantitative estimate of drug-likeness (QED) is 0.546. The number of nitro groups is 1. The molecule has 3 rings (SSSR count). The highest BCUT2D eigenvalue weighted by Crippen LogP contribution is 2.29. The van der Waals surface area contributed by atoms with E-state index in [1.54, 1.807) is 4.98 Å². The van der Waals surface area contributed by atoms with Crippen molar-refractivity contribution in [1.29, 1.82) is 0 Å². The van der Waals surface area contributed by atoms with E-state index < -0.39 is 22.5 Å². The predicted octanol–water partition coefficient (Wildman–Crippen LogP) is 0.984. The van der Waals surface area contributed by atoms with Gasteiger partial charge in [-0.05, 0) is 4.92 Å². The van der Waals surface area contributed by atoms with Gasteiger partial charge in [-0.15, -0.1) is 0 Å². The molecule has 0 fully saturated rings. The maximum atomic E-state index is 12.8. The zero-order valence-electron chi connectivity index (χ0n) is 12.1. The molecule has 0 aliphatic rings. The molecule has 126 valence electrons. The maximum Gasteiger partial charge on any atom is 0.449 e. The van der Waals surface area contributed by atoms with E-state index in [2.05, 4.69) is 15.1 Å². The van der Waals surface area contributed by atoms with Gasteiger partial charge in [0.1, 0.15) is 11.6 Å². The summed E-state index contributed by atoms with van der Waals surface area (Å²) >= 11 is 0. The number of aromatic amines is 1. The first-order valence-corrected chi connectivity index (χ1v) is 6.32. The molecule has 0 aliphatic heterocycles. The molecular weight excluding hydrogens is 335 g/mol. The largest absolute Gasteiger partial charge is 0.449 e. The fraction of sp³-hybridized carbons (Fsp3) is 0.273. The molecule has 3 heterocycles. The van der Waals surface area contributed by atoms with Crippen molar-refractivity contribution in [2.24, 2.45) is 14.1 Å². The molecule has 0 unspecified atom stereocenters. The summed E-state index contributed by atoms with van der Waals surface area (Å²) in [7, 11) is 2.63. The third-order valence-corrected chi connectivity index (χ3v) is 3.32. The Labute approximate surface area is 129 Å². The number of H-pyrrole nitrogens is 1. The van der Waals surface area contributed by atoms with Gasteiger partial charge >= 0.3 is 12.0 Å². The minimum Gasteiger partial charge on any atom is -0.358 e. The molecule has 0 atom stereocenters. The van der Waals surface area contributed by atoms with Crippen LogP contribution in [0.15, 0.2) is 11.0 Å². The van der Waals surface area contributed by atoms with Gasteiger partial charge in [-0.3, -0.25) is 4.79 Å². The first kappa shape index (κ1) is 15.6. The van der Waals surface area contributed by atoms with Gasteiger partial charge in [-0.1, -0.05) is 0 Å². The summed E-state index contributed by atoms with van der Waals surface area (Å²) in [6, 6.07) is 0. The maximum absolute atomic E-state index is 12.8. The number of aryl methyl sites for hydroxylation is 1. The number of aromatic nitrogens is 6. The van der Waals surface area contributed by atoms with Crippen LogP contribution in [0.1, 0.15) is 5.82 Å². The van der Waals surface area contributed by atoms with E-state index in [1.165, 1.54) is 14.1 Å². The highest BCUT2D eigenvalue weighted by atomic mass is 19.4. The Balaban J connectivity index is 2.32. The molecule has 0 aliphatic carbocycles. The van der Waals surface area contributed by atoms with E-state index >= 15 is 0 Å². The molecule has 3 aromatic rings. The number of halogens is 3. The Morgan fingerprint density at radius 3 is 2.54 bits per heavy atom. The normalized spacial score (nSPS) is 12.0. The van der Waals surface area contributed by atoms with Crippen LogP contribution in [-0.4, -0.2) is 34.2 Å². The predicted molar refractivity (Wildman–Crippen MR) is 73.0 cm³/mol. The van der Waals surface area contributed by atoms with Gasteiger partial charge < -0.3 is 15.1 Å². The first-order valence-electron chi connectivity index (χ1n) is 6.32. The lowest BCUT2D eigenvalue weighted by molar-refractivity contribution is -0.391. The van der Waals surface area contributed by atoms with E-state index in [4.69, 9.17) is 0 Å². The summed E-state index contributed by atoms with van der Waals surface area (Å²) in [5.74, 6) is -1.86. The summed E-state index contributed by atoms with van der Waals surface area (Å²) in [4.78, 5) is 31.1. The minimum atomic E-state index is -4.83. The molecule has 0 spiro atoms. The number of rotatable bonds is 2. The zero-order chi connectivity index (χ0) is 17.8. The Bertz CT molecular complexity index is 1030. The van der Waals surface area contributed by atoms with E-state index in [0.717, 1.165) is 15.4 Å². The van der Waals surface area contributed by atoms with Gasteiger partial charge in [0.2, 0.25) is 11.6 Å². The van der Waals surface area contributed by atoms with Gasteiger partial charge in [0.25, 0.3) is 5.56 Å². The van der Waals surface area contributed by atoms with Gasteiger partial charge in [0.15, 0.2) is 11.3 Å². The number of nitrogens with one attached hydrogen (secondary N) is 1. The molecular formula is C11H8F3N7O3. The van der Waals surface area contributed by atoms with Crippen LogP contribution in [0.25, 0.3) is 22.6 Å². The van der Waals surface area contributed by atoms with Crippen LogP contribution in [0.3, 0.4) is 0 Å². The van der Waals surface area contributed by atoms with Crippen molar-refractivity contribution in [1.82, 2.24) is 29.3 Å². The second kappa shape index (κ2) is 4.87. The van der Waals surface area contributed by atoms with Crippen LogP contribution in [0.2, 0.25) is 0 Å². The third kappa shape index (κ3) is 2.21. The van der Waals surface area contributed by atoms with Crippen LogP contribution in [0.5, 0.6) is 0 Å². The highest BCUT2D eigenvalue weighted by Gasteiger charge is 2.36. The summed E-state index contributed by atoms with van der Waals surface area (Å²) < 4.78 is 40.3. The molecule has 24 heavy (non-hydrogen) atoms. The lowest BCUT2D eigenvalue weighted by Crippen LogP contribution is -2.19. The average molecular weight is 343 g/mol. The Morgan fingerprint density at radius 2 is 2.00 bits per heavy atom. The summed E-state index contributed by atoms with van der Waals surface area (Å²) in [5, 5.41) is 14.6.